The van der Waals surface area contributed by atoms with Crippen molar-refractivity contribution in [1.82, 2.24) is 4.90 Å². The van der Waals surface area contributed by atoms with Gasteiger partial charge >= 0.3 is 5.97 Å². The number of amidine groups is 1. The van der Waals surface area contributed by atoms with Crippen LogP contribution in [0.4, 0.5) is 0 Å². The van der Waals surface area contributed by atoms with Crippen molar-refractivity contribution in [3.8, 4) is 0 Å². The molecule has 0 bridgehead atoms. The van der Waals surface area contributed by atoms with Gasteiger partial charge in [-0.2, -0.15) is 0 Å². The molecule has 0 aliphatic rings. The van der Waals surface area contributed by atoms with Crippen molar-refractivity contribution in [3.63, 3.8) is 0 Å². The summed E-state index contributed by atoms with van der Waals surface area (Å²) in [4.78, 5) is 17.2. The molecule has 16 heavy (non-hydrogen) atoms. The molecular formula is C11H19ClN2O2. The molecule has 0 N–H and O–H groups in total. The Morgan fingerprint density at radius 3 is 2.56 bits per heavy atom. The van der Waals surface area contributed by atoms with Gasteiger partial charge in [0.2, 0.25) is 0 Å². The maximum absolute atomic E-state index is 11.4. The number of carbonyl (C=O) groups is 1. The largest absolute Gasteiger partial charge is 0.464 e. The van der Waals surface area contributed by atoms with Crippen molar-refractivity contribution in [3.05, 3.63) is 11.2 Å². The van der Waals surface area contributed by atoms with Gasteiger partial charge in [0.25, 0.3) is 0 Å². The van der Waals surface area contributed by atoms with Gasteiger partial charge < -0.3 is 9.64 Å². The fourth-order valence-corrected chi connectivity index (χ4v) is 1.50. The normalized spacial score (nSPS) is 12.6. The fraction of sp³-hybridized carbons (Fsp3) is 0.636. The number of ether oxygens (including phenoxy) is 1. The van der Waals surface area contributed by atoms with Crippen LogP contribution in [0.1, 0.15) is 26.2 Å². The summed E-state index contributed by atoms with van der Waals surface area (Å²) in [6, 6.07) is 0. The molecule has 5 heteroatoms. The number of nitrogens with zero attached hydrogens (tertiary/aromatic N) is 2. The second kappa shape index (κ2) is 8.16. The van der Waals surface area contributed by atoms with Crippen molar-refractivity contribution in [2.24, 2.45) is 4.99 Å². The second-order valence-corrected chi connectivity index (χ2v) is 3.51. The van der Waals surface area contributed by atoms with E-state index in [4.69, 9.17) is 11.6 Å². The Bertz CT molecular complexity index is 288. The van der Waals surface area contributed by atoms with E-state index in [2.05, 4.69) is 16.7 Å². The first-order valence-electron chi connectivity index (χ1n) is 5.20. The number of methoxy groups -OCH3 is 1. The van der Waals surface area contributed by atoms with Gasteiger partial charge in [0.05, 0.1) is 7.11 Å². The van der Waals surface area contributed by atoms with Gasteiger partial charge in [-0.25, -0.2) is 4.79 Å². The van der Waals surface area contributed by atoms with Crippen LogP contribution in [0.15, 0.2) is 16.2 Å². The van der Waals surface area contributed by atoms with E-state index in [0.717, 1.165) is 25.1 Å². The third kappa shape index (κ3) is 4.23. The molecule has 0 aromatic carbocycles. The average molecular weight is 247 g/mol. The minimum Gasteiger partial charge on any atom is -0.464 e. The van der Waals surface area contributed by atoms with Crippen molar-refractivity contribution >= 4 is 23.4 Å². The molecule has 0 atom stereocenters. The van der Waals surface area contributed by atoms with Gasteiger partial charge in [-0.3, -0.25) is 4.99 Å². The molecule has 0 unspecified atom stereocenters. The zero-order valence-corrected chi connectivity index (χ0v) is 11.0. The third-order valence-corrected chi connectivity index (χ3v) is 2.47. The molecule has 0 heterocycles. The highest BCUT2D eigenvalue weighted by Gasteiger charge is 2.17. The lowest BCUT2D eigenvalue weighted by Gasteiger charge is -2.21. The Kier molecular flexibility index (Phi) is 7.64. The molecule has 4 nitrogen and oxygen atoms in total. The number of hydrogen-bond acceptors (Lipinski definition) is 3. The number of aliphatic imine (C=N–C) groups is 1. The minimum atomic E-state index is -0.463. The number of hydrogen-bond donors (Lipinski definition) is 0. The van der Waals surface area contributed by atoms with E-state index >= 15 is 0 Å². The monoisotopic (exact) mass is 246 g/mol. The van der Waals surface area contributed by atoms with Crippen LogP contribution in [-0.2, 0) is 9.53 Å². The number of halogens is 1. The van der Waals surface area contributed by atoms with E-state index in [1.165, 1.54) is 12.6 Å². The zero-order valence-electron chi connectivity index (χ0n) is 10.3. The standard InChI is InChI=1S/C11H19ClN2O2/c1-5-6-7-10(13-2)14(3)9(8-12)11(15)16-4/h8H,5-7H2,1-4H3/b9-8+,13-10?. The number of carbonyl (C=O) groups excluding carboxylic acids is 1. The predicted octanol–water partition coefficient (Wildman–Crippen LogP) is 2.39. The molecule has 0 spiro atoms. The summed E-state index contributed by atoms with van der Waals surface area (Å²) < 4.78 is 4.64. The van der Waals surface area contributed by atoms with Crippen LogP contribution in [0.25, 0.3) is 0 Å². The Hall–Kier alpha value is -1.03. The smallest absolute Gasteiger partial charge is 0.355 e. The van der Waals surface area contributed by atoms with Crippen LogP contribution in [0.5, 0.6) is 0 Å². The summed E-state index contributed by atoms with van der Waals surface area (Å²) in [5.74, 6) is 0.356. The molecule has 0 aliphatic heterocycles. The first kappa shape index (κ1) is 15.0. The molecule has 0 saturated carbocycles. The van der Waals surface area contributed by atoms with E-state index in [-0.39, 0.29) is 0 Å². The van der Waals surface area contributed by atoms with E-state index < -0.39 is 5.97 Å². The zero-order chi connectivity index (χ0) is 12.6. The first-order valence-corrected chi connectivity index (χ1v) is 5.64. The Morgan fingerprint density at radius 1 is 1.56 bits per heavy atom. The highest BCUT2D eigenvalue weighted by molar-refractivity contribution is 6.27. The molecule has 0 saturated heterocycles. The van der Waals surface area contributed by atoms with Crippen LogP contribution in [0.2, 0.25) is 0 Å². The topological polar surface area (TPSA) is 41.9 Å². The van der Waals surface area contributed by atoms with Crippen molar-refractivity contribution < 1.29 is 9.53 Å². The van der Waals surface area contributed by atoms with E-state index in [9.17, 15) is 4.79 Å². The van der Waals surface area contributed by atoms with E-state index in [1.807, 2.05) is 0 Å². The summed E-state index contributed by atoms with van der Waals surface area (Å²) in [7, 11) is 4.78. The molecule has 0 aliphatic carbocycles. The van der Waals surface area contributed by atoms with Gasteiger partial charge in [-0.15, -0.1) is 0 Å². The van der Waals surface area contributed by atoms with Crippen LogP contribution in [-0.4, -0.2) is 37.9 Å². The van der Waals surface area contributed by atoms with Gasteiger partial charge in [0, 0.05) is 26.1 Å². The van der Waals surface area contributed by atoms with Gasteiger partial charge in [0.15, 0.2) is 0 Å². The van der Waals surface area contributed by atoms with Crippen LogP contribution >= 0.6 is 11.6 Å². The average Bonchev–Trinajstić information content (AvgIpc) is 2.30. The molecule has 0 amide bonds. The molecule has 0 radical (unpaired) electrons. The quantitative estimate of drug-likeness (QED) is 0.324. The third-order valence-electron chi connectivity index (χ3n) is 2.26. The predicted molar refractivity (Wildman–Crippen MR) is 66.6 cm³/mol. The highest BCUT2D eigenvalue weighted by atomic mass is 35.5. The summed E-state index contributed by atoms with van der Waals surface area (Å²) in [5.41, 5.74) is 1.50. The number of esters is 1. The maximum Gasteiger partial charge on any atom is 0.355 e. The van der Waals surface area contributed by atoms with Crippen LogP contribution < -0.4 is 0 Å². The molecule has 0 fully saturated rings. The van der Waals surface area contributed by atoms with Crippen LogP contribution in [0, 0.1) is 0 Å². The minimum absolute atomic E-state index is 0.292. The van der Waals surface area contributed by atoms with Gasteiger partial charge in [-0.05, 0) is 6.42 Å². The Labute approximate surface area is 102 Å². The Balaban J connectivity index is 4.72. The number of rotatable bonds is 5. The second-order valence-electron chi connectivity index (χ2n) is 3.29. The lowest BCUT2D eigenvalue weighted by Crippen LogP contribution is -2.30. The Morgan fingerprint density at radius 2 is 2.19 bits per heavy atom. The maximum atomic E-state index is 11.4. The summed E-state index contributed by atoms with van der Waals surface area (Å²) in [6.07, 6.45) is 2.91. The number of likely N-dealkylation sites (N-methyl/N-ethyl adjacent to an activating group) is 1. The lowest BCUT2D eigenvalue weighted by molar-refractivity contribution is -0.137. The van der Waals surface area contributed by atoms with E-state index in [0.29, 0.717) is 5.70 Å². The van der Waals surface area contributed by atoms with Crippen molar-refractivity contribution in [1.29, 1.82) is 0 Å². The molecule has 0 aromatic rings. The summed E-state index contributed by atoms with van der Waals surface area (Å²) in [5, 5.41) is 0. The number of unbranched alkanes of at least 4 members (excludes halogenated alkanes) is 1. The highest BCUT2D eigenvalue weighted by Crippen LogP contribution is 2.10. The molecule has 0 aromatic heterocycles. The molecule has 0 rings (SSSR count). The first-order chi connectivity index (χ1) is 7.62. The van der Waals surface area contributed by atoms with E-state index in [1.54, 1.807) is 19.0 Å². The van der Waals surface area contributed by atoms with Crippen LogP contribution in [0.3, 0.4) is 0 Å². The van der Waals surface area contributed by atoms with Gasteiger partial charge in [0.1, 0.15) is 11.5 Å². The van der Waals surface area contributed by atoms with Crippen molar-refractivity contribution in [2.75, 3.05) is 21.2 Å². The molecule has 92 valence electrons. The van der Waals surface area contributed by atoms with Gasteiger partial charge in [-0.1, -0.05) is 24.9 Å². The molecular weight excluding hydrogens is 228 g/mol. The SMILES string of the molecule is CCCCC(=NC)N(C)/C(=C/Cl)C(=O)OC. The lowest BCUT2D eigenvalue weighted by atomic mass is 10.2. The fourth-order valence-electron chi connectivity index (χ4n) is 1.26. The summed E-state index contributed by atoms with van der Waals surface area (Å²) in [6.45, 7) is 2.10. The van der Waals surface area contributed by atoms with Crippen molar-refractivity contribution in [2.45, 2.75) is 26.2 Å². The summed E-state index contributed by atoms with van der Waals surface area (Å²) >= 11 is 5.61.